The summed E-state index contributed by atoms with van der Waals surface area (Å²) in [4.78, 5) is 11.2. The number of nitrogens with zero attached hydrogens (tertiary/aromatic N) is 2. The van der Waals surface area contributed by atoms with Gasteiger partial charge in [-0.25, -0.2) is 9.48 Å². The van der Waals surface area contributed by atoms with E-state index in [1.165, 1.54) is 6.92 Å². The fourth-order valence-electron chi connectivity index (χ4n) is 4.04. The number of carboxylic acid groups (broad SMARTS) is 1. The molecule has 0 amide bonds. The maximum Gasteiger partial charge on any atom is 0.344 e. The fourth-order valence-corrected chi connectivity index (χ4v) is 4.04. The monoisotopic (exact) mass is 460 g/mol. The first kappa shape index (κ1) is 22.2. The lowest BCUT2D eigenvalue weighted by molar-refractivity contribution is -0.144. The van der Waals surface area contributed by atoms with Crippen LogP contribution >= 0.6 is 0 Å². The van der Waals surface area contributed by atoms with Crippen molar-refractivity contribution in [2.75, 3.05) is 0 Å². The maximum absolute atomic E-state index is 11.2. The van der Waals surface area contributed by atoms with Gasteiger partial charge in [0.2, 0.25) is 0 Å². The molecule has 5 nitrogen and oxygen atoms in total. The van der Waals surface area contributed by atoms with Gasteiger partial charge >= 0.3 is 5.97 Å². The number of ether oxygens (including phenoxy) is 1. The number of carboxylic acids is 1. The minimum atomic E-state index is -1.00. The first-order valence-corrected chi connectivity index (χ1v) is 11.4. The molecule has 1 heterocycles. The van der Waals surface area contributed by atoms with E-state index in [1.807, 2.05) is 89.6 Å². The quantitative estimate of drug-likeness (QED) is 0.293. The van der Waals surface area contributed by atoms with Gasteiger partial charge in [-0.05, 0) is 48.4 Å². The van der Waals surface area contributed by atoms with Crippen LogP contribution in [0.4, 0.5) is 0 Å². The van der Waals surface area contributed by atoms with Crippen LogP contribution in [-0.2, 0) is 4.79 Å². The van der Waals surface area contributed by atoms with E-state index in [0.717, 1.165) is 39.3 Å². The van der Waals surface area contributed by atoms with Crippen molar-refractivity contribution in [3.05, 3.63) is 115 Å². The lowest BCUT2D eigenvalue weighted by Crippen LogP contribution is -2.22. The molecule has 0 fully saturated rings. The van der Waals surface area contributed by atoms with Crippen molar-refractivity contribution in [1.29, 1.82) is 0 Å². The molecule has 1 aromatic heterocycles. The number of hydrogen-bond acceptors (Lipinski definition) is 3. The largest absolute Gasteiger partial charge is 0.479 e. The van der Waals surface area contributed by atoms with E-state index in [2.05, 4.69) is 24.3 Å². The van der Waals surface area contributed by atoms with Gasteiger partial charge in [-0.15, -0.1) is 0 Å². The molecule has 0 aliphatic carbocycles. The van der Waals surface area contributed by atoms with E-state index < -0.39 is 12.1 Å². The molecule has 1 N–H and O–H groups in total. The molecule has 172 valence electrons. The molecular weight excluding hydrogens is 436 g/mol. The summed E-state index contributed by atoms with van der Waals surface area (Å²) in [5.41, 5.74) is 6.77. The zero-order chi connectivity index (χ0) is 24.2. The Labute approximate surface area is 203 Å². The van der Waals surface area contributed by atoms with Gasteiger partial charge in [-0.2, -0.15) is 5.10 Å². The van der Waals surface area contributed by atoms with Gasteiger partial charge in [0.15, 0.2) is 6.10 Å². The summed E-state index contributed by atoms with van der Waals surface area (Å²) in [6, 6.07) is 38.0. The van der Waals surface area contributed by atoms with Crippen LogP contribution in [-0.4, -0.2) is 27.0 Å². The zero-order valence-electron chi connectivity index (χ0n) is 19.2. The number of para-hydroxylation sites is 1. The maximum atomic E-state index is 11.2. The third kappa shape index (κ3) is 4.70. The number of carbonyl (C=O) groups is 1. The second-order valence-corrected chi connectivity index (χ2v) is 8.20. The number of hydrogen-bond donors (Lipinski definition) is 1. The van der Waals surface area contributed by atoms with Crippen molar-refractivity contribution >= 4 is 5.97 Å². The number of benzene rings is 4. The Bertz CT molecular complexity index is 1400. The molecule has 5 aromatic rings. The molecule has 1 unspecified atom stereocenters. The molecule has 5 rings (SSSR count). The van der Waals surface area contributed by atoms with Crippen molar-refractivity contribution in [3.63, 3.8) is 0 Å². The number of rotatable bonds is 7. The Morgan fingerprint density at radius 1 is 0.771 bits per heavy atom. The highest BCUT2D eigenvalue weighted by Crippen LogP contribution is 2.36. The van der Waals surface area contributed by atoms with Gasteiger partial charge in [0.05, 0.1) is 17.1 Å². The van der Waals surface area contributed by atoms with E-state index >= 15 is 0 Å². The molecule has 0 aliphatic rings. The van der Waals surface area contributed by atoms with Gasteiger partial charge in [0.25, 0.3) is 0 Å². The predicted molar refractivity (Wildman–Crippen MR) is 138 cm³/mol. The zero-order valence-corrected chi connectivity index (χ0v) is 19.2. The molecule has 4 aromatic carbocycles. The SMILES string of the molecule is CC(Oc1cccc(-c2ccccc2-c2cc(-c3ccccc3)n(-c3ccccc3)n2)c1)C(=O)O. The van der Waals surface area contributed by atoms with Gasteiger partial charge in [-0.1, -0.05) is 84.9 Å². The molecule has 0 bridgehead atoms. The van der Waals surface area contributed by atoms with Crippen molar-refractivity contribution in [2.24, 2.45) is 0 Å². The van der Waals surface area contributed by atoms with E-state index in [9.17, 15) is 9.90 Å². The molecule has 5 heteroatoms. The fraction of sp³-hybridized carbons (Fsp3) is 0.0667. The van der Waals surface area contributed by atoms with Crippen LogP contribution in [0.25, 0.3) is 39.3 Å². The number of aliphatic carboxylic acids is 1. The summed E-state index contributed by atoms with van der Waals surface area (Å²) >= 11 is 0. The van der Waals surface area contributed by atoms with Crippen molar-refractivity contribution in [2.45, 2.75) is 13.0 Å². The Morgan fingerprint density at radius 2 is 1.40 bits per heavy atom. The third-order valence-electron chi connectivity index (χ3n) is 5.79. The molecule has 0 radical (unpaired) electrons. The highest BCUT2D eigenvalue weighted by atomic mass is 16.5. The van der Waals surface area contributed by atoms with Gasteiger partial charge in [0, 0.05) is 11.1 Å². The Hall–Kier alpha value is -4.64. The van der Waals surface area contributed by atoms with E-state index in [-0.39, 0.29) is 0 Å². The first-order chi connectivity index (χ1) is 17.1. The predicted octanol–water partition coefficient (Wildman–Crippen LogP) is 6.73. The van der Waals surface area contributed by atoms with Crippen LogP contribution in [0.15, 0.2) is 115 Å². The second kappa shape index (κ2) is 9.69. The third-order valence-corrected chi connectivity index (χ3v) is 5.79. The molecule has 0 aliphatic heterocycles. The summed E-state index contributed by atoms with van der Waals surface area (Å²) in [5.74, 6) is -0.498. The Morgan fingerprint density at radius 3 is 2.11 bits per heavy atom. The molecule has 0 spiro atoms. The summed E-state index contributed by atoms with van der Waals surface area (Å²) in [7, 11) is 0. The summed E-state index contributed by atoms with van der Waals surface area (Å²) < 4.78 is 7.57. The summed E-state index contributed by atoms with van der Waals surface area (Å²) in [6.07, 6.45) is -0.935. The van der Waals surface area contributed by atoms with E-state index in [0.29, 0.717) is 5.75 Å². The van der Waals surface area contributed by atoms with Crippen LogP contribution in [0, 0.1) is 0 Å². The molecular formula is C30H24N2O3. The van der Waals surface area contributed by atoms with Crippen LogP contribution in [0.2, 0.25) is 0 Å². The molecule has 35 heavy (non-hydrogen) atoms. The summed E-state index contributed by atoms with van der Waals surface area (Å²) in [6.45, 7) is 1.52. The lowest BCUT2D eigenvalue weighted by Gasteiger charge is -2.13. The van der Waals surface area contributed by atoms with Gasteiger partial charge in [0.1, 0.15) is 5.75 Å². The topological polar surface area (TPSA) is 64.4 Å². The smallest absolute Gasteiger partial charge is 0.344 e. The average molecular weight is 461 g/mol. The number of aromatic nitrogens is 2. The van der Waals surface area contributed by atoms with Gasteiger partial charge in [-0.3, -0.25) is 0 Å². The first-order valence-electron chi connectivity index (χ1n) is 11.4. The van der Waals surface area contributed by atoms with Gasteiger partial charge < -0.3 is 9.84 Å². The van der Waals surface area contributed by atoms with E-state index in [4.69, 9.17) is 9.84 Å². The van der Waals surface area contributed by atoms with Crippen molar-refractivity contribution < 1.29 is 14.6 Å². The minimum Gasteiger partial charge on any atom is -0.479 e. The van der Waals surface area contributed by atoms with Crippen LogP contribution < -0.4 is 4.74 Å². The van der Waals surface area contributed by atoms with Crippen LogP contribution in [0.5, 0.6) is 5.75 Å². The minimum absolute atomic E-state index is 0.506. The second-order valence-electron chi connectivity index (χ2n) is 8.20. The molecule has 1 atom stereocenters. The van der Waals surface area contributed by atoms with E-state index in [1.54, 1.807) is 6.07 Å². The van der Waals surface area contributed by atoms with Crippen molar-refractivity contribution in [3.8, 4) is 45.1 Å². The Balaban J connectivity index is 1.62. The highest BCUT2D eigenvalue weighted by Gasteiger charge is 2.17. The highest BCUT2D eigenvalue weighted by molar-refractivity contribution is 5.84. The molecule has 0 saturated heterocycles. The van der Waals surface area contributed by atoms with Crippen LogP contribution in [0.1, 0.15) is 6.92 Å². The lowest BCUT2D eigenvalue weighted by atomic mass is 9.97. The standard InChI is InChI=1S/C30H24N2O3/c1-21(30(33)34)35-25-16-10-13-23(19-25)26-17-8-9-18-27(26)28-20-29(22-11-4-2-5-12-22)32(31-28)24-14-6-3-7-15-24/h2-21H,1H3,(H,33,34). The van der Waals surface area contributed by atoms with Crippen LogP contribution in [0.3, 0.4) is 0 Å². The normalized spacial score (nSPS) is 11.7. The average Bonchev–Trinajstić information content (AvgIpc) is 3.35. The van der Waals surface area contributed by atoms with Crippen molar-refractivity contribution in [1.82, 2.24) is 9.78 Å². The molecule has 0 saturated carbocycles. The summed E-state index contributed by atoms with van der Waals surface area (Å²) in [5, 5.41) is 14.2. The Kier molecular flexibility index (Phi) is 6.14.